The van der Waals surface area contributed by atoms with Crippen LogP contribution in [0.5, 0.6) is 0 Å². The average molecular weight is 320 g/mol. The van der Waals surface area contributed by atoms with E-state index in [9.17, 15) is 14.4 Å². The van der Waals surface area contributed by atoms with Gasteiger partial charge >= 0.3 is 11.9 Å². The minimum atomic E-state index is -0.591. The number of methoxy groups -OCH3 is 2. The van der Waals surface area contributed by atoms with Gasteiger partial charge in [-0.25, -0.2) is 9.59 Å². The molecule has 1 aliphatic heterocycles. The van der Waals surface area contributed by atoms with E-state index in [1.54, 1.807) is 0 Å². The van der Waals surface area contributed by atoms with Crippen molar-refractivity contribution in [2.24, 2.45) is 5.92 Å². The zero-order chi connectivity index (χ0) is 16.8. The molecule has 0 saturated carbocycles. The van der Waals surface area contributed by atoms with Gasteiger partial charge in [-0.05, 0) is 43.6 Å². The molecule has 1 heterocycles. The highest BCUT2D eigenvalue weighted by atomic mass is 16.5. The molecule has 7 nitrogen and oxygen atoms in total. The lowest BCUT2D eigenvalue weighted by Crippen LogP contribution is -2.19. The second kappa shape index (κ2) is 7.73. The normalized spacial score (nSPS) is 16.7. The van der Waals surface area contributed by atoms with Gasteiger partial charge in [0.1, 0.15) is 0 Å². The van der Waals surface area contributed by atoms with Gasteiger partial charge in [0.25, 0.3) is 0 Å². The molecular formula is C16H20N2O5. The summed E-state index contributed by atoms with van der Waals surface area (Å²) in [6, 6.07) is 4.32. The van der Waals surface area contributed by atoms with E-state index in [2.05, 4.69) is 20.1 Å². The molecule has 124 valence electrons. The Morgan fingerprint density at radius 3 is 2.22 bits per heavy atom. The summed E-state index contributed by atoms with van der Waals surface area (Å²) in [7, 11) is 2.50. The van der Waals surface area contributed by atoms with Gasteiger partial charge in [-0.2, -0.15) is 0 Å². The SMILES string of the molecule is COC(=O)c1cc(NC(=O)CC2CCNC2)cc(C(=O)OC)c1. The summed E-state index contributed by atoms with van der Waals surface area (Å²) in [6.45, 7) is 1.74. The molecule has 1 aromatic rings. The highest BCUT2D eigenvalue weighted by molar-refractivity contribution is 5.99. The van der Waals surface area contributed by atoms with Crippen LogP contribution in [0.25, 0.3) is 0 Å². The fourth-order valence-corrected chi connectivity index (χ4v) is 2.53. The van der Waals surface area contributed by atoms with Crippen LogP contribution in [0.2, 0.25) is 0 Å². The van der Waals surface area contributed by atoms with Gasteiger partial charge in [-0.1, -0.05) is 0 Å². The van der Waals surface area contributed by atoms with Crippen LogP contribution in [-0.2, 0) is 14.3 Å². The molecule has 0 spiro atoms. The van der Waals surface area contributed by atoms with Crippen molar-refractivity contribution in [1.82, 2.24) is 5.32 Å². The molecule has 1 aromatic carbocycles. The van der Waals surface area contributed by atoms with Gasteiger partial charge < -0.3 is 20.1 Å². The highest BCUT2D eigenvalue weighted by Gasteiger charge is 2.19. The molecule has 23 heavy (non-hydrogen) atoms. The highest BCUT2D eigenvalue weighted by Crippen LogP contribution is 2.19. The number of hydrogen-bond donors (Lipinski definition) is 2. The monoisotopic (exact) mass is 320 g/mol. The minimum absolute atomic E-state index is 0.156. The molecule has 1 fully saturated rings. The predicted octanol–water partition coefficient (Wildman–Crippen LogP) is 1.20. The van der Waals surface area contributed by atoms with Crippen LogP contribution in [0, 0.1) is 5.92 Å². The molecule has 1 unspecified atom stereocenters. The third-order valence-corrected chi connectivity index (χ3v) is 3.70. The van der Waals surface area contributed by atoms with E-state index in [0.29, 0.717) is 18.0 Å². The number of amides is 1. The first-order valence-electron chi connectivity index (χ1n) is 7.35. The van der Waals surface area contributed by atoms with Crippen molar-refractivity contribution in [3.63, 3.8) is 0 Å². The Morgan fingerprint density at radius 1 is 1.13 bits per heavy atom. The van der Waals surface area contributed by atoms with Gasteiger partial charge in [0.05, 0.1) is 25.3 Å². The molecule has 7 heteroatoms. The Labute approximate surface area is 134 Å². The smallest absolute Gasteiger partial charge is 0.337 e. The van der Waals surface area contributed by atoms with Gasteiger partial charge in [0, 0.05) is 12.1 Å². The standard InChI is InChI=1S/C16H20N2O5/c1-22-15(20)11-6-12(16(21)23-2)8-13(7-11)18-14(19)5-10-3-4-17-9-10/h6-8,10,17H,3-5,9H2,1-2H3,(H,18,19). The van der Waals surface area contributed by atoms with E-state index in [4.69, 9.17) is 0 Å². The van der Waals surface area contributed by atoms with E-state index >= 15 is 0 Å². The van der Waals surface area contributed by atoms with Gasteiger partial charge in [0.15, 0.2) is 0 Å². The molecule has 0 bridgehead atoms. The number of rotatable bonds is 5. The first-order chi connectivity index (χ1) is 11.0. The summed E-state index contributed by atoms with van der Waals surface area (Å²) in [6.07, 6.45) is 1.35. The predicted molar refractivity (Wildman–Crippen MR) is 83.3 cm³/mol. The van der Waals surface area contributed by atoms with Crippen LogP contribution in [0.4, 0.5) is 5.69 Å². The molecule has 2 rings (SSSR count). The number of anilines is 1. The van der Waals surface area contributed by atoms with E-state index in [-0.39, 0.29) is 17.0 Å². The zero-order valence-corrected chi connectivity index (χ0v) is 13.2. The first kappa shape index (κ1) is 17.0. The number of esters is 2. The lowest BCUT2D eigenvalue weighted by atomic mass is 10.0. The van der Waals surface area contributed by atoms with E-state index in [1.807, 2.05) is 0 Å². The van der Waals surface area contributed by atoms with Crippen LogP contribution in [-0.4, -0.2) is 45.2 Å². The van der Waals surface area contributed by atoms with Crippen LogP contribution in [0.1, 0.15) is 33.6 Å². The number of carbonyl (C=O) groups excluding carboxylic acids is 3. The fourth-order valence-electron chi connectivity index (χ4n) is 2.53. The van der Waals surface area contributed by atoms with Gasteiger partial charge in [-0.3, -0.25) is 4.79 Å². The van der Waals surface area contributed by atoms with Gasteiger partial charge in [0.2, 0.25) is 5.91 Å². The van der Waals surface area contributed by atoms with Crippen molar-refractivity contribution >= 4 is 23.5 Å². The van der Waals surface area contributed by atoms with Crippen molar-refractivity contribution in [3.8, 4) is 0 Å². The van der Waals surface area contributed by atoms with Crippen molar-refractivity contribution < 1.29 is 23.9 Å². The van der Waals surface area contributed by atoms with E-state index in [1.165, 1.54) is 32.4 Å². The minimum Gasteiger partial charge on any atom is -0.465 e. The van der Waals surface area contributed by atoms with Crippen LogP contribution in [0.15, 0.2) is 18.2 Å². The largest absolute Gasteiger partial charge is 0.465 e. The first-order valence-corrected chi connectivity index (χ1v) is 7.35. The van der Waals surface area contributed by atoms with Crippen molar-refractivity contribution in [2.45, 2.75) is 12.8 Å². The van der Waals surface area contributed by atoms with E-state index < -0.39 is 11.9 Å². The van der Waals surface area contributed by atoms with Crippen molar-refractivity contribution in [2.75, 3.05) is 32.6 Å². The van der Waals surface area contributed by atoms with Crippen molar-refractivity contribution in [1.29, 1.82) is 0 Å². The van der Waals surface area contributed by atoms with Crippen LogP contribution in [0.3, 0.4) is 0 Å². The number of nitrogens with one attached hydrogen (secondary N) is 2. The number of ether oxygens (including phenoxy) is 2. The summed E-state index contributed by atoms with van der Waals surface area (Å²) >= 11 is 0. The maximum absolute atomic E-state index is 12.1. The Kier molecular flexibility index (Phi) is 5.70. The third-order valence-electron chi connectivity index (χ3n) is 3.70. The van der Waals surface area contributed by atoms with E-state index in [0.717, 1.165) is 19.5 Å². The third kappa shape index (κ3) is 4.53. The Bertz CT molecular complexity index is 574. The number of hydrogen-bond acceptors (Lipinski definition) is 6. The second-order valence-corrected chi connectivity index (χ2v) is 5.39. The summed E-state index contributed by atoms with van der Waals surface area (Å²) in [5.41, 5.74) is 0.714. The van der Waals surface area contributed by atoms with Crippen molar-refractivity contribution in [3.05, 3.63) is 29.3 Å². The molecule has 1 aliphatic rings. The quantitative estimate of drug-likeness (QED) is 0.792. The molecule has 1 saturated heterocycles. The molecule has 0 aliphatic carbocycles. The number of carbonyl (C=O) groups is 3. The molecule has 1 amide bonds. The molecule has 0 radical (unpaired) electrons. The topological polar surface area (TPSA) is 93.7 Å². The number of benzene rings is 1. The van der Waals surface area contributed by atoms with Gasteiger partial charge in [-0.15, -0.1) is 0 Å². The summed E-state index contributed by atoms with van der Waals surface area (Å²) < 4.78 is 9.32. The molecule has 1 atom stereocenters. The molecule has 2 N–H and O–H groups in total. The molecular weight excluding hydrogens is 300 g/mol. The van der Waals surface area contributed by atoms with Crippen LogP contribution >= 0.6 is 0 Å². The molecule has 0 aromatic heterocycles. The maximum Gasteiger partial charge on any atom is 0.337 e. The summed E-state index contributed by atoms with van der Waals surface area (Å²) in [5.74, 6) is -1.03. The maximum atomic E-state index is 12.1. The fraction of sp³-hybridized carbons (Fsp3) is 0.438. The second-order valence-electron chi connectivity index (χ2n) is 5.39. The summed E-state index contributed by atoms with van der Waals surface area (Å²) in [4.78, 5) is 35.5. The summed E-state index contributed by atoms with van der Waals surface area (Å²) in [5, 5.41) is 5.93. The Hall–Kier alpha value is -2.41. The average Bonchev–Trinajstić information content (AvgIpc) is 3.05. The Balaban J connectivity index is 2.16. The zero-order valence-electron chi connectivity index (χ0n) is 13.2. The lowest BCUT2D eigenvalue weighted by Gasteiger charge is -2.11. The van der Waals surface area contributed by atoms with Crippen LogP contribution < -0.4 is 10.6 Å². The lowest BCUT2D eigenvalue weighted by molar-refractivity contribution is -0.117. The Morgan fingerprint density at radius 2 is 1.74 bits per heavy atom.